The van der Waals surface area contributed by atoms with Crippen molar-refractivity contribution >= 4 is 16.9 Å². The van der Waals surface area contributed by atoms with Crippen molar-refractivity contribution in [1.82, 2.24) is 14.5 Å². The van der Waals surface area contributed by atoms with E-state index in [1.54, 1.807) is 0 Å². The number of carbonyl (C=O) groups is 1. The van der Waals surface area contributed by atoms with Crippen LogP contribution in [0.15, 0.2) is 24.5 Å². The monoisotopic (exact) mass is 327 g/mol. The van der Waals surface area contributed by atoms with Crippen molar-refractivity contribution in [3.63, 3.8) is 0 Å². The topological polar surface area (TPSA) is 38.1 Å². The smallest absolute Gasteiger partial charge is 0.225 e. The van der Waals surface area contributed by atoms with Gasteiger partial charge in [-0.05, 0) is 56.2 Å². The fraction of sp³-hybridized carbons (Fsp3) is 0.600. The number of fused-ring (bicyclic) bond motifs is 1. The van der Waals surface area contributed by atoms with Crippen LogP contribution in [0.5, 0.6) is 0 Å². The Bertz CT molecular complexity index is 704. The second-order valence-corrected chi connectivity index (χ2v) is 7.34. The molecule has 1 amide bonds. The van der Waals surface area contributed by atoms with E-state index >= 15 is 0 Å². The van der Waals surface area contributed by atoms with Gasteiger partial charge in [-0.3, -0.25) is 4.79 Å². The average molecular weight is 327 g/mol. The van der Waals surface area contributed by atoms with E-state index in [1.807, 2.05) is 20.0 Å². The third-order valence-electron chi connectivity index (χ3n) is 5.18. The minimum atomic E-state index is 0.107. The second kappa shape index (κ2) is 7.37. The van der Waals surface area contributed by atoms with Gasteiger partial charge in [0.05, 0.1) is 0 Å². The van der Waals surface area contributed by atoms with Crippen molar-refractivity contribution in [1.29, 1.82) is 0 Å². The van der Waals surface area contributed by atoms with Crippen LogP contribution in [0.2, 0.25) is 0 Å². The molecule has 0 radical (unpaired) electrons. The summed E-state index contributed by atoms with van der Waals surface area (Å²) in [7, 11) is 0. The quantitative estimate of drug-likeness (QED) is 0.854. The standard InChI is InChI=1S/C20H29N3O/c1-4-22-11-8-18-13-17(14-21-19(18)22)12-16-6-5-9-23(10-7-16)20(24)15(2)3/h8,11,13-16H,4-7,9-10,12H2,1-3H3. The highest BCUT2D eigenvalue weighted by Gasteiger charge is 2.22. The second-order valence-electron chi connectivity index (χ2n) is 7.34. The first kappa shape index (κ1) is 17.0. The first-order chi connectivity index (χ1) is 11.6. The number of nitrogens with zero attached hydrogens (tertiary/aromatic N) is 3. The Labute approximate surface area is 144 Å². The zero-order valence-electron chi connectivity index (χ0n) is 15.2. The van der Waals surface area contributed by atoms with Crippen LogP contribution >= 0.6 is 0 Å². The van der Waals surface area contributed by atoms with Gasteiger partial charge in [0.25, 0.3) is 0 Å². The van der Waals surface area contributed by atoms with Crippen molar-refractivity contribution in [2.24, 2.45) is 11.8 Å². The van der Waals surface area contributed by atoms with Gasteiger partial charge in [0.1, 0.15) is 5.65 Å². The SMILES string of the molecule is CCn1ccc2cc(CC3CCCN(C(=O)C(C)C)CC3)cnc21. The van der Waals surface area contributed by atoms with Crippen molar-refractivity contribution in [3.05, 3.63) is 30.1 Å². The number of rotatable bonds is 4. The van der Waals surface area contributed by atoms with Crippen LogP contribution in [0.1, 0.15) is 45.6 Å². The summed E-state index contributed by atoms with van der Waals surface area (Å²) in [5.41, 5.74) is 2.40. The summed E-state index contributed by atoms with van der Waals surface area (Å²) in [4.78, 5) is 18.9. The lowest BCUT2D eigenvalue weighted by Gasteiger charge is -2.22. The number of amides is 1. The molecule has 1 unspecified atom stereocenters. The number of hydrogen-bond acceptors (Lipinski definition) is 2. The summed E-state index contributed by atoms with van der Waals surface area (Å²) in [6.45, 7) is 8.92. The summed E-state index contributed by atoms with van der Waals surface area (Å²) in [5.74, 6) is 1.07. The zero-order valence-corrected chi connectivity index (χ0v) is 15.2. The molecule has 3 heterocycles. The van der Waals surface area contributed by atoms with Crippen LogP contribution < -0.4 is 0 Å². The van der Waals surface area contributed by atoms with Gasteiger partial charge >= 0.3 is 0 Å². The third-order valence-corrected chi connectivity index (χ3v) is 5.18. The molecule has 1 aliphatic rings. The number of likely N-dealkylation sites (tertiary alicyclic amines) is 1. The van der Waals surface area contributed by atoms with Crippen molar-refractivity contribution < 1.29 is 4.79 Å². The molecule has 2 aromatic rings. The van der Waals surface area contributed by atoms with E-state index in [4.69, 9.17) is 0 Å². The van der Waals surface area contributed by atoms with Crippen LogP contribution in [0, 0.1) is 11.8 Å². The van der Waals surface area contributed by atoms with E-state index in [1.165, 1.54) is 17.4 Å². The van der Waals surface area contributed by atoms with Crippen molar-refractivity contribution in [2.45, 2.75) is 53.0 Å². The Morgan fingerprint density at radius 3 is 2.92 bits per heavy atom. The van der Waals surface area contributed by atoms with Crippen LogP contribution in [0.25, 0.3) is 11.0 Å². The number of aromatic nitrogens is 2. The zero-order chi connectivity index (χ0) is 17.1. The molecule has 1 atom stereocenters. The van der Waals surface area contributed by atoms with E-state index in [0.717, 1.165) is 44.5 Å². The minimum absolute atomic E-state index is 0.107. The van der Waals surface area contributed by atoms with Gasteiger partial charge in [0.2, 0.25) is 5.91 Å². The van der Waals surface area contributed by atoms with Gasteiger partial charge in [0, 0.05) is 43.3 Å². The van der Waals surface area contributed by atoms with Gasteiger partial charge in [-0.15, -0.1) is 0 Å². The van der Waals surface area contributed by atoms with Gasteiger partial charge in [-0.25, -0.2) is 4.98 Å². The molecule has 130 valence electrons. The molecule has 2 aromatic heterocycles. The lowest BCUT2D eigenvalue weighted by Crippen LogP contribution is -2.35. The Balaban J connectivity index is 1.65. The molecule has 4 nitrogen and oxygen atoms in total. The molecule has 0 N–H and O–H groups in total. The molecule has 4 heteroatoms. The van der Waals surface area contributed by atoms with Gasteiger partial charge in [-0.2, -0.15) is 0 Å². The molecule has 1 aliphatic heterocycles. The minimum Gasteiger partial charge on any atom is -0.342 e. The number of aryl methyl sites for hydroxylation is 1. The lowest BCUT2D eigenvalue weighted by molar-refractivity contribution is -0.134. The van der Waals surface area contributed by atoms with Crippen LogP contribution in [0.3, 0.4) is 0 Å². The maximum Gasteiger partial charge on any atom is 0.225 e. The molecule has 24 heavy (non-hydrogen) atoms. The normalized spacial score (nSPS) is 19.0. The Hall–Kier alpha value is -1.84. The van der Waals surface area contributed by atoms with Gasteiger partial charge < -0.3 is 9.47 Å². The molecule has 0 saturated carbocycles. The molecule has 1 saturated heterocycles. The predicted octanol–water partition coefficient (Wildman–Crippen LogP) is 3.88. The fourth-order valence-corrected chi connectivity index (χ4v) is 3.78. The van der Waals surface area contributed by atoms with Crippen molar-refractivity contribution in [3.8, 4) is 0 Å². The molecule has 1 fully saturated rings. The maximum absolute atomic E-state index is 12.2. The highest BCUT2D eigenvalue weighted by atomic mass is 16.2. The van der Waals surface area contributed by atoms with E-state index < -0.39 is 0 Å². The summed E-state index contributed by atoms with van der Waals surface area (Å²) in [5, 5.41) is 1.24. The summed E-state index contributed by atoms with van der Waals surface area (Å²) >= 11 is 0. The summed E-state index contributed by atoms with van der Waals surface area (Å²) < 4.78 is 2.18. The molecule has 3 rings (SSSR count). The maximum atomic E-state index is 12.2. The van der Waals surface area contributed by atoms with E-state index in [0.29, 0.717) is 11.8 Å². The summed E-state index contributed by atoms with van der Waals surface area (Å²) in [6.07, 6.45) is 8.65. The fourth-order valence-electron chi connectivity index (χ4n) is 3.78. The average Bonchev–Trinajstić information content (AvgIpc) is 2.84. The molecule has 0 bridgehead atoms. The number of carbonyl (C=O) groups excluding carboxylic acids is 1. The van der Waals surface area contributed by atoms with Crippen molar-refractivity contribution in [2.75, 3.05) is 13.1 Å². The highest BCUT2D eigenvalue weighted by molar-refractivity contribution is 5.78. The van der Waals surface area contributed by atoms with Crippen LogP contribution in [-0.2, 0) is 17.8 Å². The Kier molecular flexibility index (Phi) is 5.22. The molecular weight excluding hydrogens is 298 g/mol. The largest absolute Gasteiger partial charge is 0.342 e. The van der Waals surface area contributed by atoms with E-state index in [9.17, 15) is 4.79 Å². The Morgan fingerprint density at radius 1 is 1.33 bits per heavy atom. The first-order valence-electron chi connectivity index (χ1n) is 9.31. The molecule has 0 aromatic carbocycles. The lowest BCUT2D eigenvalue weighted by atomic mass is 9.93. The van der Waals surface area contributed by atoms with Gasteiger partial charge in [-0.1, -0.05) is 13.8 Å². The van der Waals surface area contributed by atoms with Crippen LogP contribution in [-0.4, -0.2) is 33.4 Å². The first-order valence-corrected chi connectivity index (χ1v) is 9.31. The Morgan fingerprint density at radius 2 is 2.17 bits per heavy atom. The third kappa shape index (κ3) is 3.63. The predicted molar refractivity (Wildman–Crippen MR) is 97.9 cm³/mol. The number of pyridine rings is 1. The van der Waals surface area contributed by atoms with E-state index in [-0.39, 0.29) is 5.92 Å². The molecular formula is C20H29N3O. The van der Waals surface area contributed by atoms with E-state index in [2.05, 4.69) is 39.7 Å². The molecule has 0 spiro atoms. The summed E-state index contributed by atoms with van der Waals surface area (Å²) in [6, 6.07) is 4.45. The van der Waals surface area contributed by atoms with Gasteiger partial charge in [0.15, 0.2) is 0 Å². The van der Waals surface area contributed by atoms with Crippen LogP contribution in [0.4, 0.5) is 0 Å². The number of hydrogen-bond donors (Lipinski definition) is 0. The molecule has 0 aliphatic carbocycles. The highest BCUT2D eigenvalue weighted by Crippen LogP contribution is 2.24.